The fourth-order valence-electron chi connectivity index (χ4n) is 1.69. The quantitative estimate of drug-likeness (QED) is 0.760. The number of nitrogens with zero attached hydrogens (tertiary/aromatic N) is 2. The van der Waals surface area contributed by atoms with Crippen LogP contribution in [0.1, 0.15) is 25.5 Å². The van der Waals surface area contributed by atoms with Crippen LogP contribution in [0, 0.1) is 0 Å². The van der Waals surface area contributed by atoms with Gasteiger partial charge in [0, 0.05) is 5.56 Å². The van der Waals surface area contributed by atoms with Crippen LogP contribution in [-0.2, 0) is 0 Å². The Labute approximate surface area is 126 Å². The summed E-state index contributed by atoms with van der Waals surface area (Å²) in [5, 5.41) is 0.435. The van der Waals surface area contributed by atoms with Gasteiger partial charge in [0.25, 0.3) is 0 Å². The van der Waals surface area contributed by atoms with Crippen LogP contribution in [-0.4, -0.2) is 17.1 Å². The monoisotopic (exact) mass is 340 g/mol. The molecule has 0 saturated heterocycles. The van der Waals surface area contributed by atoms with Crippen molar-refractivity contribution in [1.29, 1.82) is 0 Å². The minimum absolute atomic E-state index is 0.270. The van der Waals surface area contributed by atoms with Crippen LogP contribution in [0.5, 0.6) is 5.75 Å². The number of halogens is 2. The molecule has 3 nitrogen and oxygen atoms in total. The molecule has 0 aliphatic heterocycles. The van der Waals surface area contributed by atoms with Crippen LogP contribution in [0.3, 0.4) is 0 Å². The van der Waals surface area contributed by atoms with Crippen molar-refractivity contribution >= 4 is 27.5 Å². The predicted octanol–water partition coefficient (Wildman–Crippen LogP) is 4.69. The standard InChI is InChI=1S/C14H14BrClN2O/c1-8(2)12-11(15)13(16)18-14(17-12)9-4-6-10(19-3)7-5-9/h4-8H,1-3H3. The highest BCUT2D eigenvalue weighted by atomic mass is 79.9. The van der Waals surface area contributed by atoms with Crippen molar-refractivity contribution in [2.75, 3.05) is 7.11 Å². The predicted molar refractivity (Wildman–Crippen MR) is 80.8 cm³/mol. The van der Waals surface area contributed by atoms with Gasteiger partial charge in [-0.3, -0.25) is 0 Å². The number of hydrogen-bond acceptors (Lipinski definition) is 3. The van der Waals surface area contributed by atoms with Crippen LogP contribution < -0.4 is 4.74 Å². The lowest BCUT2D eigenvalue weighted by atomic mass is 10.1. The van der Waals surface area contributed by atoms with Crippen LogP contribution in [0.2, 0.25) is 5.15 Å². The van der Waals surface area contributed by atoms with E-state index in [9.17, 15) is 0 Å². The fraction of sp³-hybridized carbons (Fsp3) is 0.286. The molecule has 0 amide bonds. The summed E-state index contributed by atoms with van der Waals surface area (Å²) in [6, 6.07) is 7.60. The van der Waals surface area contributed by atoms with E-state index in [0.717, 1.165) is 21.5 Å². The van der Waals surface area contributed by atoms with Gasteiger partial charge in [-0.05, 0) is 46.1 Å². The van der Waals surface area contributed by atoms with Gasteiger partial charge in [0.15, 0.2) is 5.82 Å². The van der Waals surface area contributed by atoms with Crippen LogP contribution in [0.15, 0.2) is 28.7 Å². The first-order valence-corrected chi connectivity index (χ1v) is 7.07. The summed E-state index contributed by atoms with van der Waals surface area (Å²) in [5.74, 6) is 1.70. The average Bonchev–Trinajstić information content (AvgIpc) is 2.41. The molecule has 1 heterocycles. The van der Waals surface area contributed by atoms with Gasteiger partial charge in [0.05, 0.1) is 17.3 Å². The molecular weight excluding hydrogens is 328 g/mol. The first-order chi connectivity index (χ1) is 9.02. The lowest BCUT2D eigenvalue weighted by Gasteiger charge is -2.11. The highest BCUT2D eigenvalue weighted by molar-refractivity contribution is 9.10. The first kappa shape index (κ1) is 14.3. The molecule has 0 fully saturated rings. The zero-order valence-corrected chi connectivity index (χ0v) is 13.3. The van der Waals surface area contributed by atoms with Gasteiger partial charge < -0.3 is 4.74 Å². The molecule has 100 valence electrons. The van der Waals surface area contributed by atoms with E-state index in [2.05, 4.69) is 39.7 Å². The number of aromatic nitrogens is 2. The Balaban J connectivity index is 2.49. The second-order valence-corrected chi connectivity index (χ2v) is 5.57. The molecule has 0 atom stereocenters. The Bertz CT molecular complexity index is 585. The lowest BCUT2D eigenvalue weighted by molar-refractivity contribution is 0.415. The SMILES string of the molecule is COc1ccc(-c2nc(Cl)c(Br)c(C(C)C)n2)cc1. The van der Waals surface area contributed by atoms with Gasteiger partial charge in [0.1, 0.15) is 10.9 Å². The second-order valence-electron chi connectivity index (χ2n) is 4.42. The molecule has 0 saturated carbocycles. The topological polar surface area (TPSA) is 35.0 Å². The Morgan fingerprint density at radius 1 is 1.16 bits per heavy atom. The lowest BCUT2D eigenvalue weighted by Crippen LogP contribution is -2.00. The van der Waals surface area contributed by atoms with Crippen molar-refractivity contribution in [3.05, 3.63) is 39.6 Å². The maximum absolute atomic E-state index is 6.15. The van der Waals surface area contributed by atoms with Crippen LogP contribution >= 0.6 is 27.5 Å². The van der Waals surface area contributed by atoms with Crippen molar-refractivity contribution in [1.82, 2.24) is 9.97 Å². The summed E-state index contributed by atoms with van der Waals surface area (Å²) in [4.78, 5) is 8.88. The molecule has 0 aliphatic carbocycles. The molecular formula is C14H14BrClN2O. The number of benzene rings is 1. The number of hydrogen-bond donors (Lipinski definition) is 0. The van der Waals surface area contributed by atoms with Gasteiger partial charge >= 0.3 is 0 Å². The molecule has 0 radical (unpaired) electrons. The minimum atomic E-state index is 0.270. The summed E-state index contributed by atoms with van der Waals surface area (Å²) < 4.78 is 5.90. The van der Waals surface area contributed by atoms with E-state index in [1.165, 1.54) is 0 Å². The molecule has 5 heteroatoms. The van der Waals surface area contributed by atoms with Gasteiger partial charge in [-0.15, -0.1) is 0 Å². The molecule has 0 N–H and O–H groups in total. The third-order valence-electron chi connectivity index (χ3n) is 2.73. The van der Waals surface area contributed by atoms with Gasteiger partial charge in [0.2, 0.25) is 0 Å². The third kappa shape index (κ3) is 3.07. The molecule has 2 aromatic rings. The summed E-state index contributed by atoms with van der Waals surface area (Å²) in [5.41, 5.74) is 1.82. The van der Waals surface area contributed by atoms with Gasteiger partial charge in [-0.1, -0.05) is 25.4 Å². The summed E-state index contributed by atoms with van der Waals surface area (Å²) in [6.07, 6.45) is 0. The molecule has 0 bridgehead atoms. The fourth-order valence-corrected chi connectivity index (χ4v) is 2.50. The van der Waals surface area contributed by atoms with Gasteiger partial charge in [-0.2, -0.15) is 0 Å². The smallest absolute Gasteiger partial charge is 0.161 e. The average molecular weight is 342 g/mol. The van der Waals surface area contributed by atoms with E-state index in [1.807, 2.05) is 24.3 Å². The molecule has 0 spiro atoms. The Kier molecular flexibility index (Phi) is 4.42. The van der Waals surface area contributed by atoms with Crippen molar-refractivity contribution in [3.8, 4) is 17.1 Å². The molecule has 1 aromatic carbocycles. The third-order valence-corrected chi connectivity index (χ3v) is 4.02. The van der Waals surface area contributed by atoms with E-state index < -0.39 is 0 Å². The largest absolute Gasteiger partial charge is 0.497 e. The number of ether oxygens (including phenoxy) is 1. The van der Waals surface area contributed by atoms with Crippen molar-refractivity contribution in [2.24, 2.45) is 0 Å². The molecule has 0 unspecified atom stereocenters. The molecule has 0 aliphatic rings. The second kappa shape index (κ2) is 5.88. The van der Waals surface area contributed by atoms with Crippen LogP contribution in [0.4, 0.5) is 0 Å². The van der Waals surface area contributed by atoms with E-state index in [0.29, 0.717) is 11.0 Å². The summed E-state index contributed by atoms with van der Waals surface area (Å²) >= 11 is 9.58. The normalized spacial score (nSPS) is 10.8. The van der Waals surface area contributed by atoms with Gasteiger partial charge in [-0.25, -0.2) is 9.97 Å². The maximum Gasteiger partial charge on any atom is 0.161 e. The number of rotatable bonds is 3. The minimum Gasteiger partial charge on any atom is -0.497 e. The van der Waals surface area contributed by atoms with E-state index in [1.54, 1.807) is 7.11 Å². The van der Waals surface area contributed by atoms with Crippen molar-refractivity contribution in [2.45, 2.75) is 19.8 Å². The highest BCUT2D eigenvalue weighted by Gasteiger charge is 2.14. The Hall–Kier alpha value is -1.13. The Morgan fingerprint density at radius 2 is 1.79 bits per heavy atom. The van der Waals surface area contributed by atoms with Crippen molar-refractivity contribution in [3.63, 3.8) is 0 Å². The van der Waals surface area contributed by atoms with Crippen LogP contribution in [0.25, 0.3) is 11.4 Å². The van der Waals surface area contributed by atoms with E-state index >= 15 is 0 Å². The maximum atomic E-state index is 6.15. The zero-order valence-electron chi connectivity index (χ0n) is 10.9. The number of methoxy groups -OCH3 is 1. The highest BCUT2D eigenvalue weighted by Crippen LogP contribution is 2.31. The molecule has 19 heavy (non-hydrogen) atoms. The summed E-state index contributed by atoms with van der Waals surface area (Å²) in [7, 11) is 1.64. The van der Waals surface area contributed by atoms with E-state index in [-0.39, 0.29) is 5.92 Å². The van der Waals surface area contributed by atoms with Crippen molar-refractivity contribution < 1.29 is 4.74 Å². The first-order valence-electron chi connectivity index (χ1n) is 5.90. The zero-order chi connectivity index (χ0) is 14.0. The molecule has 1 aromatic heterocycles. The Morgan fingerprint density at radius 3 is 2.32 bits per heavy atom. The summed E-state index contributed by atoms with van der Waals surface area (Å²) in [6.45, 7) is 4.14. The molecule has 2 rings (SSSR count). The van der Waals surface area contributed by atoms with E-state index in [4.69, 9.17) is 16.3 Å².